The lowest BCUT2D eigenvalue weighted by molar-refractivity contribution is 1.11. The fourth-order valence-electron chi connectivity index (χ4n) is 0.774. The van der Waals surface area contributed by atoms with Gasteiger partial charge in [-0.15, -0.1) is 11.3 Å². The summed E-state index contributed by atoms with van der Waals surface area (Å²) < 4.78 is 0.893. The molecule has 0 fully saturated rings. The lowest BCUT2D eigenvalue weighted by Crippen LogP contribution is -1.76. The van der Waals surface area contributed by atoms with Crippen molar-refractivity contribution in [3.63, 3.8) is 0 Å². The minimum Gasteiger partial charge on any atom is -0.341 e. The van der Waals surface area contributed by atoms with E-state index in [4.69, 9.17) is 12.2 Å². The van der Waals surface area contributed by atoms with Crippen LogP contribution in [0.25, 0.3) is 0 Å². The number of thiazole rings is 1. The van der Waals surface area contributed by atoms with E-state index in [2.05, 4.69) is 18.8 Å². The molecule has 0 radical (unpaired) electrons. The van der Waals surface area contributed by atoms with Crippen molar-refractivity contribution in [1.82, 2.24) is 4.98 Å². The average molecular weight is 159 g/mol. The standard InChI is InChI=1S/C6H9NS2/c1-3-5-4(2)7-6(8)9-5/h3H2,1-2H3,(H,7,8). The molecule has 1 N–H and O–H groups in total. The van der Waals surface area contributed by atoms with Gasteiger partial charge in [0.1, 0.15) is 0 Å². The molecule has 0 saturated carbocycles. The van der Waals surface area contributed by atoms with Crippen LogP contribution in [0.3, 0.4) is 0 Å². The van der Waals surface area contributed by atoms with Crippen molar-refractivity contribution in [3.05, 3.63) is 14.5 Å². The van der Waals surface area contributed by atoms with Gasteiger partial charge in [0.15, 0.2) is 3.95 Å². The van der Waals surface area contributed by atoms with Crippen molar-refractivity contribution in [2.24, 2.45) is 0 Å². The topological polar surface area (TPSA) is 15.8 Å². The van der Waals surface area contributed by atoms with Crippen LogP contribution in [0.1, 0.15) is 17.5 Å². The zero-order valence-corrected chi connectivity index (χ0v) is 7.16. The van der Waals surface area contributed by atoms with E-state index >= 15 is 0 Å². The van der Waals surface area contributed by atoms with Crippen LogP contribution in [0.2, 0.25) is 0 Å². The molecule has 0 spiro atoms. The number of hydrogen-bond acceptors (Lipinski definition) is 2. The van der Waals surface area contributed by atoms with Gasteiger partial charge in [0.25, 0.3) is 0 Å². The molecular weight excluding hydrogens is 150 g/mol. The van der Waals surface area contributed by atoms with E-state index < -0.39 is 0 Å². The minimum absolute atomic E-state index is 0.893. The Labute approximate surface area is 63.7 Å². The van der Waals surface area contributed by atoms with Gasteiger partial charge in [-0.25, -0.2) is 0 Å². The minimum atomic E-state index is 0.893. The molecule has 1 aromatic heterocycles. The zero-order chi connectivity index (χ0) is 6.85. The third-order valence-corrected chi connectivity index (χ3v) is 2.73. The van der Waals surface area contributed by atoms with Crippen LogP contribution in [0, 0.1) is 10.9 Å². The fourth-order valence-corrected chi connectivity index (χ4v) is 2.01. The van der Waals surface area contributed by atoms with Crippen LogP contribution in [0.4, 0.5) is 0 Å². The van der Waals surface area contributed by atoms with E-state index in [1.54, 1.807) is 11.3 Å². The molecule has 1 rings (SSSR count). The quantitative estimate of drug-likeness (QED) is 0.623. The van der Waals surface area contributed by atoms with Gasteiger partial charge in [-0.05, 0) is 25.6 Å². The molecule has 1 aromatic rings. The average Bonchev–Trinajstić information content (AvgIpc) is 2.10. The second-order valence-corrected chi connectivity index (χ2v) is 3.69. The molecule has 0 aromatic carbocycles. The SMILES string of the molecule is CCc1sc(=S)[nH]c1C. The third-order valence-electron chi connectivity index (χ3n) is 1.24. The smallest absolute Gasteiger partial charge is 0.158 e. The van der Waals surface area contributed by atoms with Gasteiger partial charge in [0, 0.05) is 10.6 Å². The van der Waals surface area contributed by atoms with Crippen molar-refractivity contribution < 1.29 is 0 Å². The normalized spacial score (nSPS) is 10.0. The Balaban J connectivity index is 3.16. The molecule has 0 unspecified atom stereocenters. The summed E-state index contributed by atoms with van der Waals surface area (Å²) in [4.78, 5) is 4.47. The van der Waals surface area contributed by atoms with Crippen LogP contribution < -0.4 is 0 Å². The molecule has 1 nitrogen and oxygen atoms in total. The van der Waals surface area contributed by atoms with Crippen LogP contribution in [0.15, 0.2) is 0 Å². The Morgan fingerprint density at radius 2 is 2.33 bits per heavy atom. The van der Waals surface area contributed by atoms with Crippen LogP contribution in [-0.4, -0.2) is 4.98 Å². The molecule has 50 valence electrons. The molecule has 0 saturated heterocycles. The van der Waals surface area contributed by atoms with E-state index in [0.717, 1.165) is 10.4 Å². The Kier molecular flexibility index (Phi) is 2.03. The number of nitrogens with one attached hydrogen (secondary N) is 1. The number of aromatic amines is 1. The number of aromatic nitrogens is 1. The number of aryl methyl sites for hydroxylation is 2. The first kappa shape index (κ1) is 6.96. The number of rotatable bonds is 1. The highest BCUT2D eigenvalue weighted by molar-refractivity contribution is 7.73. The molecule has 0 atom stereocenters. The maximum absolute atomic E-state index is 4.95. The predicted octanol–water partition coefficient (Wildman–Crippen LogP) is 2.68. The lowest BCUT2D eigenvalue weighted by atomic mass is 10.3. The first-order valence-electron chi connectivity index (χ1n) is 2.92. The van der Waals surface area contributed by atoms with E-state index in [1.165, 1.54) is 10.6 Å². The largest absolute Gasteiger partial charge is 0.341 e. The highest BCUT2D eigenvalue weighted by atomic mass is 32.1. The predicted molar refractivity (Wildman–Crippen MR) is 43.6 cm³/mol. The van der Waals surface area contributed by atoms with E-state index in [-0.39, 0.29) is 0 Å². The van der Waals surface area contributed by atoms with Crippen LogP contribution in [0.5, 0.6) is 0 Å². The van der Waals surface area contributed by atoms with Gasteiger partial charge in [-0.1, -0.05) is 6.92 Å². The lowest BCUT2D eigenvalue weighted by Gasteiger charge is -1.86. The molecule has 0 amide bonds. The monoisotopic (exact) mass is 159 g/mol. The van der Waals surface area contributed by atoms with E-state index in [0.29, 0.717) is 0 Å². The summed E-state index contributed by atoms with van der Waals surface area (Å²) in [6, 6.07) is 0. The van der Waals surface area contributed by atoms with Gasteiger partial charge in [0.2, 0.25) is 0 Å². The molecular formula is C6H9NS2. The first-order chi connectivity index (χ1) is 4.24. The molecule has 3 heteroatoms. The highest BCUT2D eigenvalue weighted by Crippen LogP contribution is 2.13. The van der Waals surface area contributed by atoms with Gasteiger partial charge in [-0.2, -0.15) is 0 Å². The Bertz CT molecular complexity index is 246. The molecule has 9 heavy (non-hydrogen) atoms. The van der Waals surface area contributed by atoms with Crippen molar-refractivity contribution >= 4 is 23.6 Å². The summed E-state index contributed by atoms with van der Waals surface area (Å²) in [5.74, 6) is 0. The second-order valence-electron chi connectivity index (χ2n) is 1.92. The maximum Gasteiger partial charge on any atom is 0.158 e. The van der Waals surface area contributed by atoms with Gasteiger partial charge in [0.05, 0.1) is 0 Å². The number of H-pyrrole nitrogens is 1. The summed E-state index contributed by atoms with van der Waals surface area (Å²) in [7, 11) is 0. The van der Waals surface area contributed by atoms with Crippen molar-refractivity contribution in [2.45, 2.75) is 20.3 Å². The maximum atomic E-state index is 4.95. The van der Waals surface area contributed by atoms with Crippen molar-refractivity contribution in [2.75, 3.05) is 0 Å². The molecule has 0 aliphatic rings. The molecule has 0 aliphatic carbocycles. The zero-order valence-electron chi connectivity index (χ0n) is 5.52. The summed E-state index contributed by atoms with van der Waals surface area (Å²) in [5.41, 5.74) is 1.23. The molecule has 0 bridgehead atoms. The third kappa shape index (κ3) is 1.40. The fraction of sp³-hybridized carbons (Fsp3) is 0.500. The van der Waals surface area contributed by atoms with Gasteiger partial charge >= 0.3 is 0 Å². The van der Waals surface area contributed by atoms with Crippen molar-refractivity contribution in [3.8, 4) is 0 Å². The second kappa shape index (κ2) is 2.62. The molecule has 0 aliphatic heterocycles. The summed E-state index contributed by atoms with van der Waals surface area (Å²) >= 11 is 6.62. The Morgan fingerprint density at radius 1 is 1.67 bits per heavy atom. The first-order valence-corrected chi connectivity index (χ1v) is 4.15. The Morgan fingerprint density at radius 3 is 2.56 bits per heavy atom. The van der Waals surface area contributed by atoms with Gasteiger partial charge in [-0.3, -0.25) is 0 Å². The van der Waals surface area contributed by atoms with E-state index in [9.17, 15) is 0 Å². The number of hydrogen-bond donors (Lipinski definition) is 1. The summed E-state index contributed by atoms with van der Waals surface area (Å²) in [6.45, 7) is 4.20. The van der Waals surface area contributed by atoms with Crippen LogP contribution in [-0.2, 0) is 6.42 Å². The summed E-state index contributed by atoms with van der Waals surface area (Å²) in [5, 5.41) is 0. The highest BCUT2D eigenvalue weighted by Gasteiger charge is 1.96. The Hall–Kier alpha value is -0.150. The van der Waals surface area contributed by atoms with Crippen LogP contribution >= 0.6 is 23.6 Å². The molecule has 1 heterocycles. The van der Waals surface area contributed by atoms with Gasteiger partial charge < -0.3 is 4.98 Å². The van der Waals surface area contributed by atoms with E-state index in [1.807, 2.05) is 0 Å². The summed E-state index contributed by atoms with van der Waals surface area (Å²) in [6.07, 6.45) is 1.09. The van der Waals surface area contributed by atoms with Crippen molar-refractivity contribution in [1.29, 1.82) is 0 Å².